The molecule has 0 saturated heterocycles. The van der Waals surface area contributed by atoms with E-state index in [9.17, 15) is 30.5 Å². The molecule has 0 N–H and O–H groups in total. The first-order chi connectivity index (χ1) is 14.1. The molecule has 2 aromatic rings. The van der Waals surface area contributed by atoms with Gasteiger partial charge in [-0.25, -0.2) is 17.2 Å². The molecular formula is C20H17F4O5S-. The molecule has 30 heavy (non-hydrogen) atoms. The normalized spacial score (nSPS) is 19.4. The van der Waals surface area contributed by atoms with Crippen LogP contribution in [0.4, 0.5) is 17.6 Å². The van der Waals surface area contributed by atoms with Gasteiger partial charge >= 0.3 is 0 Å². The number of hydrogen-bond donors (Lipinski definition) is 0. The lowest BCUT2D eigenvalue weighted by molar-refractivity contribution is 0.0742. The standard InChI is InChI=1S/C20H18F4O5S/c1-2-11-3-5-12(6-4-11)28-13-7-9-14(10-8-13)29-19-15(21)17(23)20(30(25,26)27)18(24)16(19)22/h2-6,13-14H,1,7-10H2,(H,25,26,27)/p-1. The number of benzene rings is 2. The van der Waals surface area contributed by atoms with Crippen LogP contribution in [0.1, 0.15) is 31.2 Å². The smallest absolute Gasteiger partial charge is 0.205 e. The molecule has 162 valence electrons. The van der Waals surface area contributed by atoms with E-state index in [-0.39, 0.29) is 18.9 Å². The van der Waals surface area contributed by atoms with Crippen LogP contribution in [-0.2, 0) is 10.1 Å². The summed E-state index contributed by atoms with van der Waals surface area (Å²) in [4.78, 5) is -2.20. The van der Waals surface area contributed by atoms with Crippen LogP contribution < -0.4 is 9.47 Å². The minimum Gasteiger partial charge on any atom is -0.744 e. The topological polar surface area (TPSA) is 75.7 Å². The highest BCUT2D eigenvalue weighted by atomic mass is 32.2. The monoisotopic (exact) mass is 445 g/mol. The van der Waals surface area contributed by atoms with Crippen molar-refractivity contribution in [2.75, 3.05) is 0 Å². The Labute approximate surface area is 170 Å². The van der Waals surface area contributed by atoms with Gasteiger partial charge in [-0.05, 0) is 43.4 Å². The third kappa shape index (κ3) is 4.59. The van der Waals surface area contributed by atoms with Crippen molar-refractivity contribution in [3.05, 3.63) is 59.7 Å². The molecule has 1 saturated carbocycles. The fourth-order valence-corrected chi connectivity index (χ4v) is 3.84. The van der Waals surface area contributed by atoms with E-state index in [1.807, 2.05) is 12.1 Å². The van der Waals surface area contributed by atoms with Crippen molar-refractivity contribution in [2.45, 2.75) is 42.8 Å². The van der Waals surface area contributed by atoms with E-state index in [2.05, 4.69) is 6.58 Å². The predicted molar refractivity (Wildman–Crippen MR) is 98.1 cm³/mol. The molecule has 3 rings (SSSR count). The first kappa shape index (κ1) is 22.1. The summed E-state index contributed by atoms with van der Waals surface area (Å²) in [5, 5.41) is 0. The van der Waals surface area contributed by atoms with Gasteiger partial charge in [-0.15, -0.1) is 0 Å². The molecule has 0 aromatic heterocycles. The highest BCUT2D eigenvalue weighted by molar-refractivity contribution is 7.85. The number of ether oxygens (including phenoxy) is 2. The van der Waals surface area contributed by atoms with Crippen molar-refractivity contribution in [1.82, 2.24) is 0 Å². The Morgan fingerprint density at radius 2 is 1.33 bits per heavy atom. The van der Waals surface area contributed by atoms with Gasteiger partial charge in [0.25, 0.3) is 0 Å². The molecule has 0 amide bonds. The molecule has 0 unspecified atom stereocenters. The van der Waals surface area contributed by atoms with Crippen molar-refractivity contribution in [1.29, 1.82) is 0 Å². The second-order valence-electron chi connectivity index (χ2n) is 6.78. The minimum absolute atomic E-state index is 0.185. The van der Waals surface area contributed by atoms with Crippen LogP contribution in [0.2, 0.25) is 0 Å². The Hall–Kier alpha value is -2.59. The van der Waals surface area contributed by atoms with Crippen LogP contribution >= 0.6 is 0 Å². The summed E-state index contributed by atoms with van der Waals surface area (Å²) in [5.41, 5.74) is 0.929. The average molecular weight is 445 g/mol. The van der Waals surface area contributed by atoms with E-state index in [4.69, 9.17) is 9.47 Å². The van der Waals surface area contributed by atoms with E-state index >= 15 is 0 Å². The molecule has 0 heterocycles. The maximum Gasteiger partial charge on any atom is 0.205 e. The maximum atomic E-state index is 14.1. The van der Waals surface area contributed by atoms with Gasteiger partial charge in [-0.1, -0.05) is 24.8 Å². The molecule has 0 aliphatic heterocycles. The van der Waals surface area contributed by atoms with Gasteiger partial charge in [-0.2, -0.15) is 8.78 Å². The molecule has 10 heteroatoms. The Kier molecular flexibility index (Phi) is 6.37. The van der Waals surface area contributed by atoms with Crippen LogP contribution in [0, 0.1) is 23.3 Å². The van der Waals surface area contributed by atoms with Gasteiger partial charge in [0, 0.05) is 0 Å². The first-order valence-electron chi connectivity index (χ1n) is 8.99. The summed E-state index contributed by atoms with van der Waals surface area (Å²) in [6, 6.07) is 7.22. The zero-order valence-electron chi connectivity index (χ0n) is 15.5. The van der Waals surface area contributed by atoms with Crippen molar-refractivity contribution in [3.63, 3.8) is 0 Å². The van der Waals surface area contributed by atoms with Crippen molar-refractivity contribution in [2.24, 2.45) is 0 Å². The summed E-state index contributed by atoms with van der Waals surface area (Å²) in [6.07, 6.45) is 2.19. The maximum absolute atomic E-state index is 14.1. The van der Waals surface area contributed by atoms with Crippen LogP contribution in [0.25, 0.3) is 6.08 Å². The highest BCUT2D eigenvalue weighted by Crippen LogP contribution is 2.35. The Balaban J connectivity index is 1.68. The van der Waals surface area contributed by atoms with Gasteiger partial charge in [0.2, 0.25) is 11.6 Å². The number of hydrogen-bond acceptors (Lipinski definition) is 5. The molecule has 1 fully saturated rings. The quantitative estimate of drug-likeness (QED) is 0.370. The molecule has 0 bridgehead atoms. The predicted octanol–water partition coefficient (Wildman–Crippen LogP) is 4.56. The van der Waals surface area contributed by atoms with Gasteiger partial charge in [0.15, 0.2) is 17.4 Å². The van der Waals surface area contributed by atoms with Crippen molar-refractivity contribution in [3.8, 4) is 11.5 Å². The third-order valence-electron chi connectivity index (χ3n) is 4.76. The summed E-state index contributed by atoms with van der Waals surface area (Å²) in [6.45, 7) is 3.66. The molecular weight excluding hydrogens is 428 g/mol. The van der Waals surface area contributed by atoms with E-state index in [0.29, 0.717) is 18.6 Å². The average Bonchev–Trinajstić information content (AvgIpc) is 2.70. The Morgan fingerprint density at radius 3 is 1.77 bits per heavy atom. The minimum atomic E-state index is -5.76. The van der Waals surface area contributed by atoms with Gasteiger partial charge in [-0.3, -0.25) is 0 Å². The Bertz CT molecular complexity index is 1020. The first-order valence-corrected chi connectivity index (χ1v) is 10.4. The lowest BCUT2D eigenvalue weighted by Crippen LogP contribution is -2.30. The highest BCUT2D eigenvalue weighted by Gasteiger charge is 2.32. The molecule has 0 spiro atoms. The summed E-state index contributed by atoms with van der Waals surface area (Å²) < 4.78 is 99.4. The fourth-order valence-electron chi connectivity index (χ4n) is 3.22. The van der Waals surface area contributed by atoms with E-state index in [0.717, 1.165) is 5.56 Å². The SMILES string of the molecule is C=Cc1ccc(OC2CCC(Oc3c(F)c(F)c(S(=O)(=O)[O-])c(F)c3F)CC2)cc1. The van der Waals surface area contributed by atoms with Crippen molar-refractivity contribution >= 4 is 16.2 Å². The summed E-state index contributed by atoms with van der Waals surface area (Å²) in [5.74, 6) is -9.49. The number of halogens is 4. The lowest BCUT2D eigenvalue weighted by Gasteiger charge is -2.29. The van der Waals surface area contributed by atoms with Crippen LogP contribution in [0.3, 0.4) is 0 Å². The fraction of sp³-hybridized carbons (Fsp3) is 0.300. The zero-order chi connectivity index (χ0) is 22.1. The third-order valence-corrected chi connectivity index (χ3v) is 5.62. The molecule has 0 radical (unpaired) electrons. The molecule has 0 atom stereocenters. The lowest BCUT2D eigenvalue weighted by atomic mass is 9.95. The van der Waals surface area contributed by atoms with Gasteiger partial charge in [0.1, 0.15) is 20.8 Å². The largest absolute Gasteiger partial charge is 0.744 e. The summed E-state index contributed by atoms with van der Waals surface area (Å²) in [7, 11) is -5.76. The van der Waals surface area contributed by atoms with Crippen molar-refractivity contribution < 1.29 is 40.0 Å². The van der Waals surface area contributed by atoms with E-state index < -0.39 is 50.1 Å². The van der Waals surface area contributed by atoms with E-state index in [1.165, 1.54) is 0 Å². The van der Waals surface area contributed by atoms with E-state index in [1.54, 1.807) is 18.2 Å². The summed E-state index contributed by atoms with van der Waals surface area (Å²) >= 11 is 0. The van der Waals surface area contributed by atoms with Gasteiger partial charge in [0.05, 0.1) is 12.2 Å². The molecule has 1 aliphatic rings. The Morgan fingerprint density at radius 1 is 0.867 bits per heavy atom. The number of rotatable bonds is 6. The van der Waals surface area contributed by atoms with Crippen LogP contribution in [0.5, 0.6) is 11.5 Å². The zero-order valence-corrected chi connectivity index (χ0v) is 16.4. The van der Waals surface area contributed by atoms with Gasteiger partial charge < -0.3 is 14.0 Å². The van der Waals surface area contributed by atoms with Crippen LogP contribution in [-0.4, -0.2) is 25.2 Å². The second kappa shape index (κ2) is 8.65. The van der Waals surface area contributed by atoms with Crippen LogP contribution in [0.15, 0.2) is 35.7 Å². The molecule has 2 aromatic carbocycles. The second-order valence-corrected chi connectivity index (χ2v) is 8.09. The molecule has 5 nitrogen and oxygen atoms in total. The molecule has 1 aliphatic carbocycles.